The van der Waals surface area contributed by atoms with E-state index in [0.29, 0.717) is 5.92 Å². The lowest BCUT2D eigenvalue weighted by atomic mass is 10.2. The zero-order chi connectivity index (χ0) is 11.7. The molecule has 0 spiro atoms. The van der Waals surface area contributed by atoms with Crippen LogP contribution >= 0.6 is 11.8 Å². The second-order valence-corrected chi connectivity index (χ2v) is 5.12. The number of esters is 1. The number of methoxy groups -OCH3 is 1. The van der Waals surface area contributed by atoms with E-state index in [4.69, 9.17) is 4.74 Å². The number of carbonyl (C=O) groups is 1. The summed E-state index contributed by atoms with van der Waals surface area (Å²) in [5.74, 6) is 2.17. The Bertz CT molecular complexity index is 171. The Morgan fingerprint density at radius 1 is 1.33 bits per heavy atom. The molecular weight excluding hydrogens is 212 g/mol. The molecule has 90 valence electrons. The van der Waals surface area contributed by atoms with Crippen LogP contribution in [0.3, 0.4) is 0 Å². The first-order chi connectivity index (χ1) is 7.07. The Hall–Kier alpha value is -0.220. The lowest BCUT2D eigenvalue weighted by molar-refractivity contribution is -0.143. The van der Waals surface area contributed by atoms with Gasteiger partial charge in [-0.25, -0.2) is 0 Å². The maximum atomic E-state index is 11.1. The third-order valence-corrected chi connectivity index (χ3v) is 2.99. The van der Waals surface area contributed by atoms with Crippen molar-refractivity contribution in [1.82, 2.24) is 0 Å². The molecule has 0 aliphatic rings. The van der Waals surface area contributed by atoms with Crippen molar-refractivity contribution in [3.05, 3.63) is 0 Å². The van der Waals surface area contributed by atoms with Gasteiger partial charge in [0.25, 0.3) is 0 Å². The number of rotatable bonds is 8. The number of ether oxygens (including phenoxy) is 2. The standard InChI is InChI=1S/C11H22O3S/c1-9(2)7-14-5-6-15-8-10(3)11(12)13-4/h9-10H,5-8H2,1-4H3. The third-order valence-electron chi connectivity index (χ3n) is 1.79. The van der Waals surface area contributed by atoms with E-state index in [-0.39, 0.29) is 11.9 Å². The van der Waals surface area contributed by atoms with Crippen molar-refractivity contribution in [2.45, 2.75) is 20.8 Å². The highest BCUT2D eigenvalue weighted by Gasteiger charge is 2.12. The molecule has 0 radical (unpaired) electrons. The first-order valence-electron chi connectivity index (χ1n) is 5.31. The summed E-state index contributed by atoms with van der Waals surface area (Å²) in [6.45, 7) is 7.72. The van der Waals surface area contributed by atoms with Crippen molar-refractivity contribution in [2.24, 2.45) is 11.8 Å². The minimum atomic E-state index is -0.134. The van der Waals surface area contributed by atoms with E-state index in [0.717, 1.165) is 24.7 Å². The van der Waals surface area contributed by atoms with Crippen LogP contribution in [-0.2, 0) is 14.3 Å². The van der Waals surface area contributed by atoms with E-state index in [9.17, 15) is 4.79 Å². The topological polar surface area (TPSA) is 35.5 Å². The van der Waals surface area contributed by atoms with E-state index in [1.165, 1.54) is 7.11 Å². The first-order valence-corrected chi connectivity index (χ1v) is 6.46. The summed E-state index contributed by atoms with van der Waals surface area (Å²) >= 11 is 1.73. The van der Waals surface area contributed by atoms with Gasteiger partial charge < -0.3 is 9.47 Å². The zero-order valence-electron chi connectivity index (χ0n) is 10.1. The molecule has 0 rings (SSSR count). The van der Waals surface area contributed by atoms with Crippen LogP contribution in [0.5, 0.6) is 0 Å². The molecular formula is C11H22O3S. The van der Waals surface area contributed by atoms with E-state index in [2.05, 4.69) is 18.6 Å². The summed E-state index contributed by atoms with van der Waals surface area (Å²) in [5, 5.41) is 0. The second kappa shape index (κ2) is 9.04. The van der Waals surface area contributed by atoms with Crippen molar-refractivity contribution in [3.63, 3.8) is 0 Å². The van der Waals surface area contributed by atoms with Gasteiger partial charge in [0.2, 0.25) is 0 Å². The Morgan fingerprint density at radius 2 is 2.00 bits per heavy atom. The highest BCUT2D eigenvalue weighted by Crippen LogP contribution is 2.09. The maximum absolute atomic E-state index is 11.1. The normalized spacial score (nSPS) is 12.9. The summed E-state index contributed by atoms with van der Waals surface area (Å²) in [5.41, 5.74) is 0. The van der Waals surface area contributed by atoms with Crippen LogP contribution in [0, 0.1) is 11.8 Å². The van der Waals surface area contributed by atoms with Crippen LogP contribution in [-0.4, -0.2) is 37.8 Å². The molecule has 0 aliphatic heterocycles. The van der Waals surface area contributed by atoms with Gasteiger partial charge in [0, 0.05) is 18.1 Å². The fourth-order valence-electron chi connectivity index (χ4n) is 0.966. The van der Waals surface area contributed by atoms with Gasteiger partial charge in [-0.3, -0.25) is 4.79 Å². The third kappa shape index (κ3) is 8.75. The molecule has 1 unspecified atom stereocenters. The Labute approximate surface area is 96.9 Å². The predicted octanol–water partition coefficient (Wildman–Crippen LogP) is 2.20. The van der Waals surface area contributed by atoms with Gasteiger partial charge in [0.05, 0.1) is 19.6 Å². The van der Waals surface area contributed by atoms with Gasteiger partial charge in [0.15, 0.2) is 0 Å². The number of thioether (sulfide) groups is 1. The number of carbonyl (C=O) groups excluding carboxylic acids is 1. The average molecular weight is 234 g/mol. The molecule has 0 saturated carbocycles. The fraction of sp³-hybridized carbons (Fsp3) is 0.909. The van der Waals surface area contributed by atoms with Gasteiger partial charge in [-0.2, -0.15) is 11.8 Å². The van der Waals surface area contributed by atoms with E-state index >= 15 is 0 Å². The highest BCUT2D eigenvalue weighted by molar-refractivity contribution is 7.99. The van der Waals surface area contributed by atoms with Crippen LogP contribution in [0.25, 0.3) is 0 Å². The molecule has 0 aliphatic carbocycles. The van der Waals surface area contributed by atoms with Crippen molar-refractivity contribution < 1.29 is 14.3 Å². The average Bonchev–Trinajstić information content (AvgIpc) is 2.21. The zero-order valence-corrected chi connectivity index (χ0v) is 10.9. The predicted molar refractivity (Wildman–Crippen MR) is 64.2 cm³/mol. The van der Waals surface area contributed by atoms with Crippen LogP contribution in [0.4, 0.5) is 0 Å². The fourth-order valence-corrected chi connectivity index (χ4v) is 1.86. The molecule has 0 heterocycles. The molecule has 0 saturated heterocycles. The molecule has 15 heavy (non-hydrogen) atoms. The van der Waals surface area contributed by atoms with E-state index in [1.54, 1.807) is 11.8 Å². The Morgan fingerprint density at radius 3 is 2.53 bits per heavy atom. The van der Waals surface area contributed by atoms with Crippen LogP contribution in [0.2, 0.25) is 0 Å². The van der Waals surface area contributed by atoms with Crippen molar-refractivity contribution in [1.29, 1.82) is 0 Å². The van der Waals surface area contributed by atoms with E-state index < -0.39 is 0 Å². The first kappa shape index (κ1) is 14.8. The molecule has 0 aromatic rings. The summed E-state index contributed by atoms with van der Waals surface area (Å²) in [7, 11) is 1.43. The number of hydrogen-bond acceptors (Lipinski definition) is 4. The summed E-state index contributed by atoms with van der Waals surface area (Å²) < 4.78 is 10.1. The molecule has 4 heteroatoms. The molecule has 0 N–H and O–H groups in total. The lowest BCUT2D eigenvalue weighted by Crippen LogP contribution is -2.15. The molecule has 3 nitrogen and oxygen atoms in total. The number of hydrogen-bond donors (Lipinski definition) is 0. The summed E-state index contributed by atoms with van der Waals surface area (Å²) in [6, 6.07) is 0. The Balaban J connectivity index is 3.27. The summed E-state index contributed by atoms with van der Waals surface area (Å²) in [6.07, 6.45) is 0. The summed E-state index contributed by atoms with van der Waals surface area (Å²) in [4.78, 5) is 11.1. The largest absolute Gasteiger partial charge is 0.469 e. The van der Waals surface area contributed by atoms with Crippen molar-refractivity contribution >= 4 is 17.7 Å². The van der Waals surface area contributed by atoms with Crippen molar-refractivity contribution in [2.75, 3.05) is 31.8 Å². The van der Waals surface area contributed by atoms with Crippen LogP contribution < -0.4 is 0 Å². The van der Waals surface area contributed by atoms with Crippen LogP contribution in [0.15, 0.2) is 0 Å². The van der Waals surface area contributed by atoms with Crippen LogP contribution in [0.1, 0.15) is 20.8 Å². The van der Waals surface area contributed by atoms with Gasteiger partial charge in [-0.1, -0.05) is 20.8 Å². The minimum absolute atomic E-state index is 0.0231. The van der Waals surface area contributed by atoms with Gasteiger partial charge in [0.1, 0.15) is 0 Å². The molecule has 0 bridgehead atoms. The highest BCUT2D eigenvalue weighted by atomic mass is 32.2. The molecule has 0 aromatic heterocycles. The SMILES string of the molecule is COC(=O)C(C)CSCCOCC(C)C. The molecule has 0 amide bonds. The minimum Gasteiger partial charge on any atom is -0.469 e. The smallest absolute Gasteiger partial charge is 0.309 e. The van der Waals surface area contributed by atoms with Gasteiger partial charge in [-0.15, -0.1) is 0 Å². The molecule has 0 fully saturated rings. The molecule has 0 aromatic carbocycles. The quantitative estimate of drug-likeness (QED) is 0.476. The maximum Gasteiger partial charge on any atom is 0.309 e. The Kier molecular flexibility index (Phi) is 8.91. The second-order valence-electron chi connectivity index (χ2n) is 3.97. The van der Waals surface area contributed by atoms with Gasteiger partial charge >= 0.3 is 5.97 Å². The lowest BCUT2D eigenvalue weighted by Gasteiger charge is -2.09. The monoisotopic (exact) mass is 234 g/mol. The van der Waals surface area contributed by atoms with Crippen molar-refractivity contribution in [3.8, 4) is 0 Å². The molecule has 1 atom stereocenters. The van der Waals surface area contributed by atoms with Gasteiger partial charge in [-0.05, 0) is 5.92 Å². The van der Waals surface area contributed by atoms with E-state index in [1.807, 2.05) is 6.92 Å².